The van der Waals surface area contributed by atoms with Crippen LogP contribution in [0.4, 0.5) is 4.79 Å². The standard InChI is InChI=1S/C50H77Cl3NO13P/c1-4-6-8-10-12-14-15-17-19-21-29-35-43(55)62-41(34-24-20-18-16-13-11-9-7-5-2)36-44(56)64-47-45(54-49(58)61-38-50(51,52)53)48(57)63-42(37-60-3)46(47)67-68(59,65-39-30-25-22-26-31-39)66-40-32-27-23-28-33-40/h22-23,25-28,30-33,41-42,45-48,57H,4-21,24,29,34-38H2,1-3H3,(H,54,58)/t41-,42-,45-,46-,47-,48+/m1/s1. The Morgan fingerprint density at radius 1 is 0.706 bits per heavy atom. The molecular formula is C50H77Cl3NO13P. The van der Waals surface area contributed by atoms with Crippen molar-refractivity contribution >= 4 is 60.7 Å². The van der Waals surface area contributed by atoms with Gasteiger partial charge in [0, 0.05) is 13.5 Å². The van der Waals surface area contributed by atoms with E-state index in [9.17, 15) is 24.1 Å². The minimum Gasteiger partial charge on any atom is -0.462 e. The number of unbranched alkanes of at least 4 members (excludes halogenated alkanes) is 18. The second-order valence-corrected chi connectivity index (χ2v) is 21.4. The number of amides is 1. The van der Waals surface area contributed by atoms with Gasteiger partial charge in [-0.1, -0.05) is 201 Å². The Hall–Kier alpha value is -2.81. The highest BCUT2D eigenvalue weighted by atomic mass is 35.6. The molecule has 386 valence electrons. The molecule has 1 heterocycles. The molecule has 2 aromatic rings. The zero-order valence-electron chi connectivity index (χ0n) is 40.3. The number of halogens is 3. The Balaban J connectivity index is 1.85. The van der Waals surface area contributed by atoms with Crippen LogP contribution in [-0.2, 0) is 42.4 Å². The van der Waals surface area contributed by atoms with Crippen molar-refractivity contribution in [1.29, 1.82) is 0 Å². The maximum Gasteiger partial charge on any atom is 0.588 e. The number of alkyl halides is 3. The molecule has 1 saturated heterocycles. The third-order valence-corrected chi connectivity index (χ3v) is 13.1. The SMILES string of the molecule is CCCCCCCCCCCCCC(=O)O[C@H](CCCCCCCCCCC)CC(=O)O[C@@H]1[C@@H](NC(=O)OCC(Cl)(Cl)Cl)[C@@H](O)O[C@H](COC)[C@H]1OP(=O)(Oc1ccccc1)Oc1ccccc1. The second-order valence-electron chi connectivity index (χ2n) is 17.4. The fourth-order valence-corrected chi connectivity index (χ4v) is 9.45. The summed E-state index contributed by atoms with van der Waals surface area (Å²) in [6.45, 7) is 3.45. The van der Waals surface area contributed by atoms with Crippen LogP contribution >= 0.6 is 42.6 Å². The first kappa shape index (κ1) is 59.5. The van der Waals surface area contributed by atoms with Crippen molar-refractivity contribution in [3.8, 4) is 11.5 Å². The molecule has 18 heteroatoms. The minimum absolute atomic E-state index is 0.111. The van der Waals surface area contributed by atoms with Crippen LogP contribution in [0.3, 0.4) is 0 Å². The van der Waals surface area contributed by atoms with E-state index in [-0.39, 0.29) is 30.9 Å². The monoisotopic (exact) mass is 1040 g/mol. The molecule has 2 N–H and O–H groups in total. The second kappa shape index (κ2) is 34.5. The molecule has 0 saturated carbocycles. The Bertz CT molecular complexity index is 1660. The van der Waals surface area contributed by atoms with Crippen molar-refractivity contribution in [1.82, 2.24) is 5.32 Å². The maximum absolute atomic E-state index is 14.8. The highest BCUT2D eigenvalue weighted by Gasteiger charge is 2.53. The lowest BCUT2D eigenvalue weighted by Gasteiger charge is -2.44. The van der Waals surface area contributed by atoms with Crippen molar-refractivity contribution in [2.24, 2.45) is 0 Å². The lowest BCUT2D eigenvalue weighted by Crippen LogP contribution is -2.66. The van der Waals surface area contributed by atoms with Gasteiger partial charge in [0.2, 0.25) is 3.79 Å². The number of rotatable bonds is 36. The van der Waals surface area contributed by atoms with Gasteiger partial charge in [0.1, 0.15) is 42.5 Å². The van der Waals surface area contributed by atoms with Gasteiger partial charge in [-0.2, -0.15) is 0 Å². The summed E-state index contributed by atoms with van der Waals surface area (Å²) in [4.78, 5) is 40.7. The first-order valence-corrected chi connectivity index (χ1v) is 27.3. The smallest absolute Gasteiger partial charge is 0.462 e. The number of hydrogen-bond donors (Lipinski definition) is 2. The number of para-hydroxylation sites is 2. The molecule has 1 amide bonds. The Kier molecular flexibility index (Phi) is 30.2. The predicted molar refractivity (Wildman–Crippen MR) is 265 cm³/mol. The number of phosphoric acid groups is 1. The number of nitrogens with one attached hydrogen (secondary N) is 1. The fourth-order valence-electron chi connectivity index (χ4n) is 7.85. The van der Waals surface area contributed by atoms with E-state index in [1.54, 1.807) is 36.4 Å². The number of alkyl carbamates (subject to hydrolysis) is 1. The number of phosphoric ester groups is 1. The van der Waals surface area contributed by atoms with Gasteiger partial charge in [-0.3, -0.25) is 14.1 Å². The van der Waals surface area contributed by atoms with E-state index in [2.05, 4.69) is 19.2 Å². The zero-order valence-corrected chi connectivity index (χ0v) is 43.5. The third kappa shape index (κ3) is 25.9. The van der Waals surface area contributed by atoms with Crippen LogP contribution in [0.1, 0.15) is 162 Å². The molecule has 1 fully saturated rings. The number of hydrogen-bond acceptors (Lipinski definition) is 13. The van der Waals surface area contributed by atoms with Gasteiger partial charge in [0.05, 0.1) is 13.0 Å². The molecule has 6 atom stereocenters. The summed E-state index contributed by atoms with van der Waals surface area (Å²) in [6.07, 6.45) is 13.9. The number of esters is 2. The minimum atomic E-state index is -4.77. The molecule has 0 unspecified atom stereocenters. The summed E-state index contributed by atoms with van der Waals surface area (Å²) in [5.41, 5.74) is 0. The van der Waals surface area contributed by atoms with Crippen molar-refractivity contribution in [3.05, 3.63) is 60.7 Å². The quantitative estimate of drug-likeness (QED) is 0.0217. The summed E-state index contributed by atoms with van der Waals surface area (Å²) in [5, 5.41) is 13.8. The topological polar surface area (TPSA) is 174 Å². The molecule has 0 aromatic heterocycles. The first-order chi connectivity index (χ1) is 32.8. The highest BCUT2D eigenvalue weighted by Crippen LogP contribution is 2.52. The van der Waals surface area contributed by atoms with E-state index in [0.717, 1.165) is 44.9 Å². The Labute approximate surface area is 420 Å². The van der Waals surface area contributed by atoms with E-state index in [1.807, 2.05) is 0 Å². The largest absolute Gasteiger partial charge is 0.588 e. The molecule has 14 nitrogen and oxygen atoms in total. The normalized spacial score (nSPS) is 18.9. The lowest BCUT2D eigenvalue weighted by molar-refractivity contribution is -0.256. The van der Waals surface area contributed by atoms with Crippen LogP contribution < -0.4 is 14.4 Å². The van der Waals surface area contributed by atoms with Gasteiger partial charge < -0.3 is 43.2 Å². The van der Waals surface area contributed by atoms with Gasteiger partial charge in [-0.15, -0.1) is 0 Å². The number of benzene rings is 2. The van der Waals surface area contributed by atoms with Gasteiger partial charge in [-0.05, 0) is 43.5 Å². The lowest BCUT2D eigenvalue weighted by atomic mass is 9.96. The molecular weight excluding hydrogens is 960 g/mol. The molecule has 0 aliphatic carbocycles. The van der Waals surface area contributed by atoms with Crippen LogP contribution in [0.25, 0.3) is 0 Å². The average molecular weight is 1040 g/mol. The summed E-state index contributed by atoms with van der Waals surface area (Å²) in [5.74, 6) is -1.06. The number of carbonyl (C=O) groups excluding carboxylic acids is 3. The molecule has 0 radical (unpaired) electrons. The fraction of sp³-hybridized carbons (Fsp3) is 0.700. The van der Waals surface area contributed by atoms with Crippen LogP contribution in [0.5, 0.6) is 11.5 Å². The molecule has 68 heavy (non-hydrogen) atoms. The molecule has 3 rings (SSSR count). The predicted octanol–water partition coefficient (Wildman–Crippen LogP) is 13.3. The van der Waals surface area contributed by atoms with Gasteiger partial charge in [0.15, 0.2) is 12.4 Å². The van der Waals surface area contributed by atoms with E-state index in [1.165, 1.54) is 102 Å². The number of carbonyl (C=O) groups is 3. The first-order valence-electron chi connectivity index (χ1n) is 24.7. The molecule has 1 aliphatic rings. The number of methoxy groups -OCH3 is 1. The van der Waals surface area contributed by atoms with Crippen LogP contribution in [0, 0.1) is 0 Å². The molecule has 0 bridgehead atoms. The van der Waals surface area contributed by atoms with Crippen LogP contribution in [0.15, 0.2) is 60.7 Å². The molecule has 0 spiro atoms. The zero-order chi connectivity index (χ0) is 49.5. The highest BCUT2D eigenvalue weighted by molar-refractivity contribution is 7.49. The van der Waals surface area contributed by atoms with E-state index in [4.69, 9.17) is 72.1 Å². The molecule has 2 aromatic carbocycles. The van der Waals surface area contributed by atoms with Gasteiger partial charge in [-0.25, -0.2) is 9.36 Å². The Morgan fingerprint density at radius 3 is 1.68 bits per heavy atom. The van der Waals surface area contributed by atoms with E-state index < -0.39 is 73.0 Å². The number of ether oxygens (including phenoxy) is 5. The summed E-state index contributed by atoms with van der Waals surface area (Å²) < 4.78 is 59.3. The van der Waals surface area contributed by atoms with Crippen molar-refractivity contribution in [2.75, 3.05) is 20.3 Å². The van der Waals surface area contributed by atoms with Gasteiger partial charge in [0.25, 0.3) is 0 Å². The summed E-state index contributed by atoms with van der Waals surface area (Å²) >= 11 is 17.5. The van der Waals surface area contributed by atoms with Crippen LogP contribution in [0.2, 0.25) is 0 Å². The number of aliphatic hydroxyl groups excluding tert-OH is 1. The maximum atomic E-state index is 14.8. The van der Waals surface area contributed by atoms with Gasteiger partial charge >= 0.3 is 25.9 Å². The van der Waals surface area contributed by atoms with E-state index >= 15 is 0 Å². The van der Waals surface area contributed by atoms with Crippen molar-refractivity contribution < 1.29 is 61.3 Å². The summed E-state index contributed by atoms with van der Waals surface area (Å²) in [7, 11) is -3.41. The average Bonchev–Trinajstić information content (AvgIpc) is 3.29. The number of aliphatic hydroxyl groups is 1. The Morgan fingerprint density at radius 2 is 1.19 bits per heavy atom. The van der Waals surface area contributed by atoms with E-state index in [0.29, 0.717) is 19.3 Å². The van der Waals surface area contributed by atoms with Crippen molar-refractivity contribution in [3.63, 3.8) is 0 Å². The van der Waals surface area contributed by atoms with Crippen LogP contribution in [-0.4, -0.2) is 84.0 Å². The molecule has 1 aliphatic heterocycles. The summed E-state index contributed by atoms with van der Waals surface area (Å²) in [6, 6.07) is 14.6. The third-order valence-electron chi connectivity index (χ3n) is 11.4. The van der Waals surface area contributed by atoms with Crippen molar-refractivity contribution in [2.45, 2.75) is 202 Å².